The van der Waals surface area contributed by atoms with Gasteiger partial charge in [-0.2, -0.15) is 0 Å². The van der Waals surface area contributed by atoms with Crippen LogP contribution in [0.4, 0.5) is 10.1 Å². The van der Waals surface area contributed by atoms with E-state index in [1.807, 2.05) is 24.3 Å². The number of ether oxygens (including phenoxy) is 1. The maximum Gasteiger partial charge on any atom is 0.243 e. The second-order valence-electron chi connectivity index (χ2n) is 6.89. The van der Waals surface area contributed by atoms with Crippen molar-refractivity contribution in [3.63, 3.8) is 0 Å². The number of benzene rings is 2. The zero-order valence-corrected chi connectivity index (χ0v) is 16.2. The van der Waals surface area contributed by atoms with Crippen LogP contribution in [0.1, 0.15) is 24.0 Å². The molecule has 0 spiro atoms. The molecule has 0 atom stereocenters. The number of aromatic nitrogens is 1. The SMILES string of the molecule is O=C(CCC(=O)N1Cc2ccccc2Oc2ncccc21)NCc1ccccc1F. The molecule has 2 aromatic carbocycles. The summed E-state index contributed by atoms with van der Waals surface area (Å²) in [6, 6.07) is 17.2. The van der Waals surface area contributed by atoms with Crippen LogP contribution in [0.3, 0.4) is 0 Å². The third-order valence-corrected chi connectivity index (χ3v) is 4.85. The van der Waals surface area contributed by atoms with Gasteiger partial charge in [0.05, 0.1) is 6.54 Å². The highest BCUT2D eigenvalue weighted by molar-refractivity contribution is 5.96. The highest BCUT2D eigenvalue weighted by atomic mass is 19.1. The van der Waals surface area contributed by atoms with E-state index < -0.39 is 0 Å². The van der Waals surface area contributed by atoms with Crippen molar-refractivity contribution in [3.8, 4) is 11.6 Å². The van der Waals surface area contributed by atoms with Crippen molar-refractivity contribution in [2.24, 2.45) is 0 Å². The van der Waals surface area contributed by atoms with Crippen LogP contribution >= 0.6 is 0 Å². The van der Waals surface area contributed by atoms with Crippen LogP contribution < -0.4 is 15.0 Å². The summed E-state index contributed by atoms with van der Waals surface area (Å²) in [5.41, 5.74) is 1.82. The summed E-state index contributed by atoms with van der Waals surface area (Å²) in [5.74, 6) is 0.0893. The van der Waals surface area contributed by atoms with E-state index in [4.69, 9.17) is 4.74 Å². The summed E-state index contributed by atoms with van der Waals surface area (Å²) in [6.45, 7) is 0.405. The lowest BCUT2D eigenvalue weighted by atomic mass is 10.1. The Morgan fingerprint density at radius 3 is 2.70 bits per heavy atom. The molecule has 0 bridgehead atoms. The molecule has 2 amide bonds. The molecule has 7 heteroatoms. The summed E-state index contributed by atoms with van der Waals surface area (Å²) in [6.07, 6.45) is 1.62. The van der Waals surface area contributed by atoms with Crippen molar-refractivity contribution in [3.05, 3.63) is 83.8 Å². The molecular weight excluding hydrogens is 385 g/mol. The zero-order valence-electron chi connectivity index (χ0n) is 16.2. The maximum absolute atomic E-state index is 13.7. The number of halogens is 1. The number of hydrogen-bond donors (Lipinski definition) is 1. The number of nitrogens with one attached hydrogen (secondary N) is 1. The van der Waals surface area contributed by atoms with Crippen LogP contribution in [0.5, 0.6) is 11.6 Å². The summed E-state index contributed by atoms with van der Waals surface area (Å²) < 4.78 is 19.6. The maximum atomic E-state index is 13.7. The van der Waals surface area contributed by atoms with Crippen molar-refractivity contribution >= 4 is 17.5 Å². The van der Waals surface area contributed by atoms with Gasteiger partial charge in [0, 0.05) is 36.7 Å². The number of amides is 2. The lowest BCUT2D eigenvalue weighted by Gasteiger charge is -2.21. The van der Waals surface area contributed by atoms with Gasteiger partial charge in [0.2, 0.25) is 17.7 Å². The topological polar surface area (TPSA) is 71.5 Å². The third-order valence-electron chi connectivity index (χ3n) is 4.85. The fraction of sp³-hybridized carbons (Fsp3) is 0.174. The van der Waals surface area contributed by atoms with Crippen molar-refractivity contribution in [2.45, 2.75) is 25.9 Å². The van der Waals surface area contributed by atoms with Gasteiger partial charge in [0.15, 0.2) is 0 Å². The molecule has 0 saturated carbocycles. The van der Waals surface area contributed by atoms with Gasteiger partial charge in [0.1, 0.15) is 17.3 Å². The Balaban J connectivity index is 1.42. The molecule has 1 N–H and O–H groups in total. The van der Waals surface area contributed by atoms with Gasteiger partial charge in [-0.1, -0.05) is 36.4 Å². The van der Waals surface area contributed by atoms with Crippen LogP contribution in [-0.2, 0) is 22.7 Å². The molecule has 0 saturated heterocycles. The standard InChI is InChI=1S/C23H20FN3O3/c24-18-8-3-1-6-16(18)14-26-21(28)11-12-22(29)27-15-17-7-2-4-10-20(17)30-23-19(27)9-5-13-25-23/h1-10,13H,11-12,14-15H2,(H,26,28). The Morgan fingerprint density at radius 1 is 1.03 bits per heavy atom. The van der Waals surface area contributed by atoms with E-state index in [1.165, 1.54) is 6.07 Å². The first-order valence-corrected chi connectivity index (χ1v) is 9.63. The quantitative estimate of drug-likeness (QED) is 0.698. The third kappa shape index (κ3) is 4.30. The zero-order chi connectivity index (χ0) is 20.9. The van der Waals surface area contributed by atoms with Gasteiger partial charge < -0.3 is 15.0 Å². The van der Waals surface area contributed by atoms with Crippen LogP contribution in [-0.4, -0.2) is 16.8 Å². The Hall–Kier alpha value is -3.74. The smallest absolute Gasteiger partial charge is 0.243 e. The van der Waals surface area contributed by atoms with Gasteiger partial charge in [-0.25, -0.2) is 9.37 Å². The predicted molar refractivity (Wildman–Crippen MR) is 109 cm³/mol. The van der Waals surface area contributed by atoms with Crippen LogP contribution in [0.15, 0.2) is 66.9 Å². The second kappa shape index (κ2) is 8.73. The number of anilines is 1. The van der Waals surface area contributed by atoms with E-state index in [-0.39, 0.29) is 37.0 Å². The molecule has 4 rings (SSSR count). The molecule has 6 nitrogen and oxygen atoms in total. The number of carbonyl (C=O) groups is 2. The molecule has 1 aliphatic rings. The molecule has 1 aliphatic heterocycles. The lowest BCUT2D eigenvalue weighted by molar-refractivity contribution is -0.125. The van der Waals surface area contributed by atoms with Gasteiger partial charge in [-0.3, -0.25) is 9.59 Å². The Labute approximate surface area is 173 Å². The number of fused-ring (bicyclic) bond motifs is 2. The second-order valence-corrected chi connectivity index (χ2v) is 6.89. The first kappa shape index (κ1) is 19.6. The van der Waals surface area contributed by atoms with E-state index in [0.29, 0.717) is 29.4 Å². The van der Waals surface area contributed by atoms with E-state index in [9.17, 15) is 14.0 Å². The Kier molecular flexibility index (Phi) is 5.70. The molecule has 2 heterocycles. The normalized spacial score (nSPS) is 12.2. The van der Waals surface area contributed by atoms with Crippen molar-refractivity contribution in [2.75, 3.05) is 4.90 Å². The lowest BCUT2D eigenvalue weighted by Crippen LogP contribution is -2.31. The molecule has 152 valence electrons. The number of pyridine rings is 1. The summed E-state index contributed by atoms with van der Waals surface area (Å²) in [7, 11) is 0. The summed E-state index contributed by atoms with van der Waals surface area (Å²) in [4.78, 5) is 31.0. The Morgan fingerprint density at radius 2 is 1.83 bits per heavy atom. The number of rotatable bonds is 5. The first-order chi connectivity index (χ1) is 14.6. The highest BCUT2D eigenvalue weighted by Crippen LogP contribution is 2.37. The highest BCUT2D eigenvalue weighted by Gasteiger charge is 2.26. The molecule has 0 fully saturated rings. The molecule has 30 heavy (non-hydrogen) atoms. The fourth-order valence-electron chi connectivity index (χ4n) is 3.26. The average Bonchev–Trinajstić information content (AvgIpc) is 2.93. The molecule has 1 aromatic heterocycles. The summed E-state index contributed by atoms with van der Waals surface area (Å²) in [5, 5.41) is 2.66. The largest absolute Gasteiger partial charge is 0.437 e. The van der Waals surface area contributed by atoms with Gasteiger partial charge >= 0.3 is 0 Å². The van der Waals surface area contributed by atoms with Crippen molar-refractivity contribution in [1.29, 1.82) is 0 Å². The average molecular weight is 405 g/mol. The van der Waals surface area contributed by atoms with E-state index in [0.717, 1.165) is 5.56 Å². The number of hydrogen-bond acceptors (Lipinski definition) is 4. The molecule has 3 aromatic rings. The van der Waals surface area contributed by atoms with Gasteiger partial charge in [-0.15, -0.1) is 0 Å². The van der Waals surface area contributed by atoms with Crippen LogP contribution in [0, 0.1) is 5.82 Å². The van der Waals surface area contributed by atoms with E-state index in [2.05, 4.69) is 10.3 Å². The minimum atomic E-state index is -0.374. The predicted octanol–water partition coefficient (Wildman–Crippen LogP) is 3.96. The van der Waals surface area contributed by atoms with Gasteiger partial charge in [-0.05, 0) is 24.3 Å². The number of carbonyl (C=O) groups excluding carboxylic acids is 2. The van der Waals surface area contributed by atoms with E-state index in [1.54, 1.807) is 41.4 Å². The van der Waals surface area contributed by atoms with Crippen LogP contribution in [0.25, 0.3) is 0 Å². The fourth-order valence-corrected chi connectivity index (χ4v) is 3.26. The number of para-hydroxylation sites is 1. The molecular formula is C23H20FN3O3. The first-order valence-electron chi connectivity index (χ1n) is 9.63. The number of nitrogens with zero attached hydrogens (tertiary/aromatic N) is 2. The van der Waals surface area contributed by atoms with Gasteiger partial charge in [0.25, 0.3) is 0 Å². The minimum absolute atomic E-state index is 0.00187. The monoisotopic (exact) mass is 405 g/mol. The Bertz CT molecular complexity index is 1090. The van der Waals surface area contributed by atoms with E-state index >= 15 is 0 Å². The minimum Gasteiger partial charge on any atom is -0.437 e. The van der Waals surface area contributed by atoms with Crippen molar-refractivity contribution < 1.29 is 18.7 Å². The van der Waals surface area contributed by atoms with Crippen molar-refractivity contribution in [1.82, 2.24) is 10.3 Å². The van der Waals surface area contributed by atoms with Crippen LogP contribution in [0.2, 0.25) is 0 Å². The summed E-state index contributed by atoms with van der Waals surface area (Å²) >= 11 is 0. The molecule has 0 unspecified atom stereocenters. The molecule has 0 aliphatic carbocycles. The molecule has 0 radical (unpaired) electrons.